The van der Waals surface area contributed by atoms with E-state index in [1.165, 1.54) is 0 Å². The molecule has 2 unspecified atom stereocenters. The van der Waals surface area contributed by atoms with Gasteiger partial charge in [-0.05, 0) is 33.1 Å². The third-order valence-corrected chi connectivity index (χ3v) is 3.50. The molecule has 0 aliphatic rings. The second-order valence-corrected chi connectivity index (χ2v) is 6.43. The van der Waals surface area contributed by atoms with Gasteiger partial charge in [0.05, 0.1) is 5.92 Å². The fraction of sp³-hybridized carbons (Fsp3) is 0.688. The Morgan fingerprint density at radius 3 is 2.05 bits per heavy atom. The van der Waals surface area contributed by atoms with Gasteiger partial charge in [0.25, 0.3) is 0 Å². The molecule has 1 rings (SSSR count). The van der Waals surface area contributed by atoms with E-state index in [9.17, 15) is 9.90 Å². The predicted octanol–water partition coefficient (Wildman–Crippen LogP) is 3.41. The molecule has 1 heterocycles. The van der Waals surface area contributed by atoms with Crippen LogP contribution in [0.25, 0.3) is 0 Å². The first-order valence-corrected chi connectivity index (χ1v) is 7.29. The van der Waals surface area contributed by atoms with E-state index in [2.05, 4.69) is 30.7 Å². The second-order valence-electron chi connectivity index (χ2n) is 6.43. The fourth-order valence-electron chi connectivity index (χ4n) is 2.50. The summed E-state index contributed by atoms with van der Waals surface area (Å²) in [6.07, 6.45) is -0.214. The van der Waals surface area contributed by atoms with Gasteiger partial charge in [-0.1, -0.05) is 20.8 Å². The Kier molecular flexibility index (Phi) is 5.45. The molecule has 0 radical (unpaired) electrons. The third-order valence-electron chi connectivity index (χ3n) is 3.50. The number of hydrogen-bond acceptors (Lipinski definition) is 4. The van der Waals surface area contributed by atoms with Gasteiger partial charge in [0, 0.05) is 23.6 Å². The van der Waals surface area contributed by atoms with Crippen molar-refractivity contribution in [2.45, 2.75) is 60.5 Å². The van der Waals surface area contributed by atoms with Gasteiger partial charge in [-0.15, -0.1) is 0 Å². The summed E-state index contributed by atoms with van der Waals surface area (Å²) in [4.78, 5) is 20.3. The zero-order valence-corrected chi connectivity index (χ0v) is 14.0. The van der Waals surface area contributed by atoms with Crippen molar-refractivity contribution in [2.24, 2.45) is 5.41 Å². The van der Waals surface area contributed by atoms with Crippen molar-refractivity contribution in [1.29, 1.82) is 0 Å². The van der Waals surface area contributed by atoms with Gasteiger partial charge in [-0.25, -0.2) is 9.97 Å². The number of hydrogen-bond donors (Lipinski definition) is 1. The summed E-state index contributed by atoms with van der Waals surface area (Å²) in [5.41, 5.74) is 1.98. The van der Waals surface area contributed by atoms with Crippen molar-refractivity contribution in [3.63, 3.8) is 0 Å². The number of nitrogens with zero attached hydrogens (tertiary/aromatic N) is 2. The molecule has 118 valence electrons. The van der Waals surface area contributed by atoms with Crippen molar-refractivity contribution in [1.82, 2.24) is 9.97 Å². The maximum atomic E-state index is 11.2. The van der Waals surface area contributed by atoms with Gasteiger partial charge in [0.2, 0.25) is 0 Å². The molecule has 21 heavy (non-hydrogen) atoms. The molecule has 1 aromatic rings. The molecule has 0 aliphatic heterocycles. The smallest absolute Gasteiger partial charge is 0.310 e. The van der Waals surface area contributed by atoms with Gasteiger partial charge in [0.15, 0.2) is 5.82 Å². The van der Waals surface area contributed by atoms with Gasteiger partial charge in [-0.3, -0.25) is 4.79 Å². The highest BCUT2D eigenvalue weighted by molar-refractivity contribution is 5.76. The monoisotopic (exact) mass is 294 g/mol. The van der Waals surface area contributed by atoms with Crippen LogP contribution in [-0.2, 0) is 9.53 Å². The van der Waals surface area contributed by atoms with Crippen LogP contribution >= 0.6 is 0 Å². The molecule has 0 amide bonds. The first-order valence-electron chi connectivity index (χ1n) is 7.29. The van der Waals surface area contributed by atoms with Crippen molar-refractivity contribution in [3.8, 4) is 0 Å². The summed E-state index contributed by atoms with van der Waals surface area (Å²) >= 11 is 0. The highest BCUT2D eigenvalue weighted by atomic mass is 16.5. The van der Waals surface area contributed by atoms with Crippen LogP contribution in [0.15, 0.2) is 0 Å². The molecule has 5 heteroatoms. The van der Waals surface area contributed by atoms with E-state index < -0.39 is 11.9 Å². The molecule has 0 saturated heterocycles. The maximum Gasteiger partial charge on any atom is 0.310 e. The highest BCUT2D eigenvalue weighted by Gasteiger charge is 2.31. The lowest BCUT2D eigenvalue weighted by Crippen LogP contribution is -2.25. The SMILES string of the molecule is CCOC(c1nc(C)c(C(C)C(=O)O)c(C)n1)C(C)(C)C. The van der Waals surface area contributed by atoms with Crippen LogP contribution in [0.3, 0.4) is 0 Å². The van der Waals surface area contributed by atoms with E-state index in [1.54, 1.807) is 6.92 Å². The summed E-state index contributed by atoms with van der Waals surface area (Å²) in [7, 11) is 0. The summed E-state index contributed by atoms with van der Waals surface area (Å²) in [5.74, 6) is -0.852. The van der Waals surface area contributed by atoms with Crippen molar-refractivity contribution >= 4 is 5.97 Å². The second kappa shape index (κ2) is 6.52. The lowest BCUT2D eigenvalue weighted by molar-refractivity contribution is -0.138. The molecule has 1 aromatic heterocycles. The number of aliphatic carboxylic acids is 1. The Morgan fingerprint density at radius 2 is 1.71 bits per heavy atom. The Morgan fingerprint density at radius 1 is 1.24 bits per heavy atom. The molecular formula is C16H26N2O3. The molecule has 0 spiro atoms. The molecule has 1 N–H and O–H groups in total. The van der Waals surface area contributed by atoms with Gasteiger partial charge < -0.3 is 9.84 Å². The van der Waals surface area contributed by atoms with E-state index in [0.29, 0.717) is 29.4 Å². The van der Waals surface area contributed by atoms with Gasteiger partial charge in [-0.2, -0.15) is 0 Å². The van der Waals surface area contributed by atoms with Crippen molar-refractivity contribution < 1.29 is 14.6 Å². The largest absolute Gasteiger partial charge is 0.481 e. The Hall–Kier alpha value is -1.49. The Bertz CT molecular complexity index is 498. The number of carboxylic acids is 1. The van der Waals surface area contributed by atoms with E-state index in [1.807, 2.05) is 20.8 Å². The minimum atomic E-state index is -0.866. The minimum Gasteiger partial charge on any atom is -0.481 e. The van der Waals surface area contributed by atoms with Crippen molar-refractivity contribution in [3.05, 3.63) is 22.8 Å². The van der Waals surface area contributed by atoms with E-state index >= 15 is 0 Å². The number of carbonyl (C=O) groups is 1. The summed E-state index contributed by atoms with van der Waals surface area (Å²) < 4.78 is 5.81. The zero-order valence-electron chi connectivity index (χ0n) is 14.0. The standard InChI is InChI=1S/C16H26N2O3/c1-8-21-13(16(5,6)7)14-17-10(3)12(11(4)18-14)9(2)15(19)20/h9,13H,8H2,1-7H3,(H,19,20). The fourth-order valence-corrected chi connectivity index (χ4v) is 2.50. The number of rotatable bonds is 5. The number of ether oxygens (including phenoxy) is 1. The molecule has 0 aromatic carbocycles. The summed E-state index contributed by atoms with van der Waals surface area (Å²) in [5, 5.41) is 9.20. The average Bonchev–Trinajstić information content (AvgIpc) is 2.33. The van der Waals surface area contributed by atoms with Crippen LogP contribution in [0.2, 0.25) is 0 Å². The number of aryl methyl sites for hydroxylation is 2. The topological polar surface area (TPSA) is 72.3 Å². The summed E-state index contributed by atoms with van der Waals surface area (Å²) in [6.45, 7) is 14.1. The molecule has 2 atom stereocenters. The van der Waals surface area contributed by atoms with Crippen LogP contribution in [0, 0.1) is 19.3 Å². The molecule has 0 bridgehead atoms. The molecule has 5 nitrogen and oxygen atoms in total. The lowest BCUT2D eigenvalue weighted by Gasteiger charge is -2.30. The van der Waals surface area contributed by atoms with Crippen molar-refractivity contribution in [2.75, 3.05) is 6.61 Å². The minimum absolute atomic E-state index is 0.130. The Labute approximate surface area is 126 Å². The molecule has 0 fully saturated rings. The highest BCUT2D eigenvalue weighted by Crippen LogP contribution is 2.35. The molecule has 0 aliphatic carbocycles. The molecule has 0 saturated carbocycles. The molecular weight excluding hydrogens is 268 g/mol. The van der Waals surface area contributed by atoms with Gasteiger partial charge >= 0.3 is 5.97 Å². The van der Waals surface area contributed by atoms with Crippen LogP contribution in [0.5, 0.6) is 0 Å². The predicted molar refractivity (Wildman–Crippen MR) is 81.4 cm³/mol. The van der Waals surface area contributed by atoms with E-state index in [-0.39, 0.29) is 11.5 Å². The van der Waals surface area contributed by atoms with E-state index in [0.717, 1.165) is 0 Å². The third kappa shape index (κ3) is 4.00. The van der Waals surface area contributed by atoms with Crippen LogP contribution in [0.1, 0.15) is 69.4 Å². The lowest BCUT2D eigenvalue weighted by atomic mass is 9.88. The average molecular weight is 294 g/mol. The normalized spacial score (nSPS) is 14.8. The van der Waals surface area contributed by atoms with E-state index in [4.69, 9.17) is 4.74 Å². The van der Waals surface area contributed by atoms with Gasteiger partial charge in [0.1, 0.15) is 6.10 Å². The first-order chi connectivity index (χ1) is 9.59. The van der Waals surface area contributed by atoms with Crippen LogP contribution in [0.4, 0.5) is 0 Å². The summed E-state index contributed by atoms with van der Waals surface area (Å²) in [6, 6.07) is 0. The van der Waals surface area contributed by atoms with Crippen LogP contribution < -0.4 is 0 Å². The number of aromatic nitrogens is 2. The van der Waals surface area contributed by atoms with Crippen LogP contribution in [-0.4, -0.2) is 27.7 Å². The quantitative estimate of drug-likeness (QED) is 0.901. The maximum absolute atomic E-state index is 11.2. The number of carboxylic acid groups (broad SMARTS) is 1. The zero-order chi connectivity index (χ0) is 16.4. The Balaban J connectivity index is 3.32. The first kappa shape index (κ1) is 17.6.